The van der Waals surface area contributed by atoms with Crippen LogP contribution in [0.1, 0.15) is 44.9 Å². The number of halogens is 1. The van der Waals surface area contributed by atoms with Gasteiger partial charge in [0, 0.05) is 33.2 Å². The summed E-state index contributed by atoms with van der Waals surface area (Å²) in [6.07, 6.45) is 10.1. The first kappa shape index (κ1) is 21.0. The highest BCUT2D eigenvalue weighted by Gasteiger charge is 2.39. The molecular formula is C15H31IN4O2S. The van der Waals surface area contributed by atoms with Crippen molar-refractivity contribution in [1.82, 2.24) is 14.9 Å². The van der Waals surface area contributed by atoms with Gasteiger partial charge in [0.05, 0.1) is 6.26 Å². The van der Waals surface area contributed by atoms with Crippen molar-refractivity contribution < 1.29 is 8.42 Å². The van der Waals surface area contributed by atoms with Crippen LogP contribution in [-0.2, 0) is 10.0 Å². The third-order valence-electron chi connectivity index (χ3n) is 4.86. The fourth-order valence-electron chi connectivity index (χ4n) is 3.70. The van der Waals surface area contributed by atoms with E-state index in [1.807, 2.05) is 7.05 Å². The molecule has 1 spiro atoms. The second-order valence-corrected chi connectivity index (χ2v) is 8.56. The molecule has 2 fully saturated rings. The van der Waals surface area contributed by atoms with Crippen LogP contribution in [-0.4, -0.2) is 58.8 Å². The van der Waals surface area contributed by atoms with Crippen LogP contribution >= 0.6 is 24.0 Å². The fourth-order valence-corrected chi connectivity index (χ4v) is 4.22. The second-order valence-electron chi connectivity index (χ2n) is 6.73. The molecule has 6 nitrogen and oxygen atoms in total. The van der Waals surface area contributed by atoms with Gasteiger partial charge in [-0.15, -0.1) is 24.0 Å². The standard InChI is InChI=1S/C15H30N4O2S.HI/c1-16-14(17-10-6-11-18-22(2,20)21)19-12-9-15(13-19)7-4-3-5-8-15;/h18H,3-13H2,1-2H3,(H,16,17);1H. The van der Waals surface area contributed by atoms with Gasteiger partial charge in [0.15, 0.2) is 5.96 Å². The molecule has 2 aliphatic rings. The van der Waals surface area contributed by atoms with Crippen molar-refractivity contribution in [1.29, 1.82) is 0 Å². The number of guanidine groups is 1. The molecule has 0 aromatic carbocycles. The summed E-state index contributed by atoms with van der Waals surface area (Å²) in [6.45, 7) is 3.40. The maximum atomic E-state index is 11.0. The molecule has 0 bridgehead atoms. The van der Waals surface area contributed by atoms with Crippen LogP contribution in [0.4, 0.5) is 0 Å². The van der Waals surface area contributed by atoms with E-state index in [9.17, 15) is 8.42 Å². The van der Waals surface area contributed by atoms with Gasteiger partial charge in [-0.05, 0) is 31.1 Å². The fraction of sp³-hybridized carbons (Fsp3) is 0.933. The van der Waals surface area contributed by atoms with Gasteiger partial charge in [-0.3, -0.25) is 4.99 Å². The lowest BCUT2D eigenvalue weighted by Crippen LogP contribution is -2.42. The number of rotatable bonds is 5. The summed E-state index contributed by atoms with van der Waals surface area (Å²) >= 11 is 0. The number of likely N-dealkylation sites (tertiary alicyclic amines) is 1. The third-order valence-corrected chi connectivity index (χ3v) is 5.59. The lowest BCUT2D eigenvalue weighted by molar-refractivity contribution is 0.203. The van der Waals surface area contributed by atoms with E-state index in [1.54, 1.807) is 0 Å². The molecule has 0 aromatic rings. The van der Waals surface area contributed by atoms with Gasteiger partial charge in [0.1, 0.15) is 0 Å². The van der Waals surface area contributed by atoms with E-state index in [0.717, 1.165) is 32.0 Å². The van der Waals surface area contributed by atoms with Gasteiger partial charge in [0.25, 0.3) is 0 Å². The number of hydrogen-bond acceptors (Lipinski definition) is 3. The minimum Gasteiger partial charge on any atom is -0.356 e. The molecule has 0 unspecified atom stereocenters. The molecule has 136 valence electrons. The SMILES string of the molecule is CN=C(NCCCNS(C)(=O)=O)N1CCC2(CCCCC2)C1.I. The van der Waals surface area contributed by atoms with Crippen LogP contribution in [0.25, 0.3) is 0 Å². The molecule has 1 aliphatic heterocycles. The minimum absolute atomic E-state index is 0. The molecule has 0 atom stereocenters. The average Bonchev–Trinajstić information content (AvgIpc) is 2.86. The van der Waals surface area contributed by atoms with Crippen molar-refractivity contribution in [2.75, 3.05) is 39.5 Å². The lowest BCUT2D eigenvalue weighted by atomic mass is 9.73. The summed E-state index contributed by atoms with van der Waals surface area (Å²) < 4.78 is 24.5. The first-order valence-electron chi connectivity index (χ1n) is 8.34. The highest BCUT2D eigenvalue weighted by atomic mass is 127. The summed E-state index contributed by atoms with van der Waals surface area (Å²) in [4.78, 5) is 6.76. The quantitative estimate of drug-likeness (QED) is 0.285. The summed E-state index contributed by atoms with van der Waals surface area (Å²) in [6, 6.07) is 0. The van der Waals surface area contributed by atoms with Crippen LogP contribution in [0.15, 0.2) is 4.99 Å². The summed E-state index contributed by atoms with van der Waals surface area (Å²) in [7, 11) is -1.26. The average molecular weight is 458 g/mol. The van der Waals surface area contributed by atoms with Gasteiger partial charge in [-0.25, -0.2) is 13.1 Å². The molecule has 0 aromatic heterocycles. The van der Waals surface area contributed by atoms with Crippen LogP contribution in [0.3, 0.4) is 0 Å². The Hall–Kier alpha value is -0.0900. The van der Waals surface area contributed by atoms with E-state index < -0.39 is 10.0 Å². The molecule has 1 saturated carbocycles. The Morgan fingerprint density at radius 1 is 1.17 bits per heavy atom. The van der Waals surface area contributed by atoms with E-state index in [-0.39, 0.29) is 24.0 Å². The van der Waals surface area contributed by atoms with Gasteiger partial charge in [0.2, 0.25) is 10.0 Å². The van der Waals surface area contributed by atoms with Crippen LogP contribution < -0.4 is 10.0 Å². The summed E-state index contributed by atoms with van der Waals surface area (Å²) in [5, 5.41) is 3.36. The van der Waals surface area contributed by atoms with E-state index >= 15 is 0 Å². The minimum atomic E-state index is -3.08. The highest BCUT2D eigenvalue weighted by Crippen LogP contribution is 2.43. The zero-order valence-corrected chi connectivity index (χ0v) is 17.5. The van der Waals surface area contributed by atoms with Crippen molar-refractivity contribution in [2.45, 2.75) is 44.9 Å². The van der Waals surface area contributed by atoms with E-state index in [4.69, 9.17) is 0 Å². The highest BCUT2D eigenvalue weighted by molar-refractivity contribution is 14.0. The van der Waals surface area contributed by atoms with Gasteiger partial charge in [-0.2, -0.15) is 0 Å². The molecule has 8 heteroatoms. The Morgan fingerprint density at radius 2 is 1.87 bits per heavy atom. The van der Waals surface area contributed by atoms with Crippen molar-refractivity contribution in [3.8, 4) is 0 Å². The predicted molar refractivity (Wildman–Crippen MR) is 106 cm³/mol. The normalized spacial score (nSPS) is 21.3. The monoisotopic (exact) mass is 458 g/mol. The number of nitrogens with one attached hydrogen (secondary N) is 2. The van der Waals surface area contributed by atoms with E-state index in [1.165, 1.54) is 44.8 Å². The maximum absolute atomic E-state index is 11.0. The van der Waals surface area contributed by atoms with Crippen LogP contribution in [0.5, 0.6) is 0 Å². The lowest BCUT2D eigenvalue weighted by Gasteiger charge is -2.33. The molecule has 1 aliphatic carbocycles. The third kappa shape index (κ3) is 6.74. The van der Waals surface area contributed by atoms with E-state index in [0.29, 0.717) is 12.0 Å². The topological polar surface area (TPSA) is 73.8 Å². The number of nitrogens with zero attached hydrogens (tertiary/aromatic N) is 2. The van der Waals surface area contributed by atoms with Gasteiger partial charge >= 0.3 is 0 Å². The second kappa shape index (κ2) is 9.41. The zero-order valence-electron chi connectivity index (χ0n) is 14.3. The Labute approximate surface area is 157 Å². The molecule has 0 amide bonds. The molecule has 1 heterocycles. The number of sulfonamides is 1. The molecule has 1 saturated heterocycles. The van der Waals surface area contributed by atoms with Crippen LogP contribution in [0.2, 0.25) is 0 Å². The Bertz CT molecular complexity index is 490. The first-order chi connectivity index (χ1) is 10.4. The molecule has 23 heavy (non-hydrogen) atoms. The zero-order chi connectivity index (χ0) is 16.1. The maximum Gasteiger partial charge on any atom is 0.208 e. The predicted octanol–water partition coefficient (Wildman–Crippen LogP) is 1.78. The smallest absolute Gasteiger partial charge is 0.208 e. The molecule has 0 radical (unpaired) electrons. The Kier molecular flexibility index (Phi) is 8.57. The number of aliphatic imine (C=N–C) groups is 1. The van der Waals surface area contributed by atoms with Gasteiger partial charge in [-0.1, -0.05) is 19.3 Å². The van der Waals surface area contributed by atoms with Crippen molar-refractivity contribution in [3.63, 3.8) is 0 Å². The van der Waals surface area contributed by atoms with Gasteiger partial charge < -0.3 is 10.2 Å². The Balaban J connectivity index is 0.00000264. The van der Waals surface area contributed by atoms with E-state index in [2.05, 4.69) is 19.9 Å². The Morgan fingerprint density at radius 3 is 2.48 bits per heavy atom. The molecule has 2 N–H and O–H groups in total. The largest absolute Gasteiger partial charge is 0.356 e. The first-order valence-corrected chi connectivity index (χ1v) is 10.2. The summed E-state index contributed by atoms with van der Waals surface area (Å²) in [5.41, 5.74) is 0.522. The van der Waals surface area contributed by atoms with Crippen LogP contribution in [0, 0.1) is 5.41 Å². The molecular weight excluding hydrogens is 427 g/mol. The number of hydrogen-bond donors (Lipinski definition) is 2. The summed E-state index contributed by atoms with van der Waals surface area (Å²) in [5.74, 6) is 0.960. The molecule has 2 rings (SSSR count). The van der Waals surface area contributed by atoms with Crippen molar-refractivity contribution in [3.05, 3.63) is 0 Å². The van der Waals surface area contributed by atoms with Crippen molar-refractivity contribution >= 4 is 40.0 Å². The van der Waals surface area contributed by atoms with Crippen molar-refractivity contribution in [2.24, 2.45) is 10.4 Å².